The maximum atomic E-state index is 12.1. The highest BCUT2D eigenvalue weighted by Crippen LogP contribution is 2.29. The van der Waals surface area contributed by atoms with Gasteiger partial charge in [0, 0.05) is 25.2 Å². The molecule has 0 heterocycles. The molecule has 2 rings (SSSR count). The van der Waals surface area contributed by atoms with Gasteiger partial charge in [0.2, 0.25) is 11.8 Å². The van der Waals surface area contributed by atoms with Crippen molar-refractivity contribution in [1.29, 1.82) is 0 Å². The molecular weight excluding hydrogens is 448 g/mol. The molecule has 0 aliphatic carbocycles. The molecule has 8 nitrogen and oxygen atoms in total. The largest absolute Gasteiger partial charge is 0.493 e. The minimum atomic E-state index is -0.264. The molecule has 0 saturated heterocycles. The van der Waals surface area contributed by atoms with Gasteiger partial charge in [-0.15, -0.1) is 0 Å². The summed E-state index contributed by atoms with van der Waals surface area (Å²) in [6.07, 6.45) is 7.13. The number of hydrogen-bond acceptors (Lipinski definition) is 6. The predicted octanol–water partition coefficient (Wildman–Crippen LogP) is 3.85. The molecule has 0 saturated carbocycles. The monoisotopic (exact) mass is 482 g/mol. The van der Waals surface area contributed by atoms with E-state index in [1.807, 2.05) is 32.0 Å². The summed E-state index contributed by atoms with van der Waals surface area (Å²) in [5.41, 5.74) is 1.62. The van der Waals surface area contributed by atoms with Gasteiger partial charge in [-0.3, -0.25) is 9.59 Å². The van der Waals surface area contributed by atoms with E-state index in [-0.39, 0.29) is 11.8 Å². The topological polar surface area (TPSA) is 95.1 Å². The van der Waals surface area contributed by atoms with Gasteiger partial charge in [0.15, 0.2) is 23.0 Å². The Morgan fingerprint density at radius 1 is 0.743 bits per heavy atom. The van der Waals surface area contributed by atoms with Crippen LogP contribution in [0.4, 0.5) is 0 Å². The summed E-state index contributed by atoms with van der Waals surface area (Å²) in [6, 6.07) is 10.9. The number of rotatable bonds is 14. The number of benzene rings is 2. The number of hydrogen-bond donors (Lipinski definition) is 2. The highest BCUT2D eigenvalue weighted by molar-refractivity contribution is 5.92. The van der Waals surface area contributed by atoms with E-state index in [0.717, 1.165) is 17.5 Å². The van der Waals surface area contributed by atoms with Gasteiger partial charge in [0.1, 0.15) is 0 Å². The number of methoxy groups -OCH3 is 2. The van der Waals surface area contributed by atoms with Crippen LogP contribution in [0, 0.1) is 0 Å². The summed E-state index contributed by atoms with van der Waals surface area (Å²) in [5.74, 6) is 2.01. The molecule has 8 heteroatoms. The van der Waals surface area contributed by atoms with Gasteiger partial charge < -0.3 is 29.6 Å². The predicted molar refractivity (Wildman–Crippen MR) is 137 cm³/mol. The van der Waals surface area contributed by atoms with Gasteiger partial charge in [-0.1, -0.05) is 19.1 Å². The van der Waals surface area contributed by atoms with Crippen LogP contribution in [0.5, 0.6) is 23.0 Å². The van der Waals surface area contributed by atoms with E-state index in [0.29, 0.717) is 49.3 Å². The maximum Gasteiger partial charge on any atom is 0.244 e. The Bertz CT molecular complexity index is 1030. The molecule has 2 amide bonds. The molecule has 0 spiro atoms. The van der Waals surface area contributed by atoms with Gasteiger partial charge >= 0.3 is 0 Å². The van der Waals surface area contributed by atoms with Crippen LogP contribution < -0.4 is 29.6 Å². The lowest BCUT2D eigenvalue weighted by molar-refractivity contribution is -0.118. The third-order valence-electron chi connectivity index (χ3n) is 4.71. The summed E-state index contributed by atoms with van der Waals surface area (Å²) in [6.45, 7) is 5.68. The summed E-state index contributed by atoms with van der Waals surface area (Å²) < 4.78 is 21.8. The normalized spacial score (nSPS) is 10.9. The van der Waals surface area contributed by atoms with Crippen LogP contribution in [0.1, 0.15) is 31.4 Å². The maximum absolute atomic E-state index is 12.1. The number of carbonyl (C=O) groups is 2. The van der Waals surface area contributed by atoms with Crippen molar-refractivity contribution in [3.8, 4) is 23.0 Å². The lowest BCUT2D eigenvalue weighted by Gasteiger charge is -2.10. The van der Waals surface area contributed by atoms with E-state index in [2.05, 4.69) is 10.6 Å². The molecule has 0 atom stereocenters. The minimum Gasteiger partial charge on any atom is -0.493 e. The SMILES string of the molecule is CCCOc1ccc(/C=C/C(=O)NCCNC(=O)/C=C/c2ccc(OCC)c(OC)c2)cc1OC. The van der Waals surface area contributed by atoms with E-state index in [1.54, 1.807) is 44.6 Å². The van der Waals surface area contributed by atoms with Gasteiger partial charge in [0.05, 0.1) is 27.4 Å². The summed E-state index contributed by atoms with van der Waals surface area (Å²) in [4.78, 5) is 24.1. The Morgan fingerprint density at radius 2 is 1.23 bits per heavy atom. The first-order chi connectivity index (χ1) is 17.0. The minimum absolute atomic E-state index is 0.262. The van der Waals surface area contributed by atoms with Crippen molar-refractivity contribution in [3.63, 3.8) is 0 Å². The Morgan fingerprint density at radius 3 is 1.66 bits per heavy atom. The van der Waals surface area contributed by atoms with Gasteiger partial charge in [-0.05, 0) is 60.9 Å². The van der Waals surface area contributed by atoms with E-state index in [4.69, 9.17) is 18.9 Å². The zero-order valence-electron chi connectivity index (χ0n) is 20.8. The fourth-order valence-corrected chi connectivity index (χ4v) is 3.01. The molecular formula is C27H34N2O6. The zero-order valence-corrected chi connectivity index (χ0v) is 20.8. The molecule has 0 aromatic heterocycles. The first kappa shape index (κ1) is 27.3. The molecule has 2 aromatic rings. The van der Waals surface area contributed by atoms with Crippen LogP contribution in [-0.2, 0) is 9.59 Å². The van der Waals surface area contributed by atoms with Crippen LogP contribution in [0.3, 0.4) is 0 Å². The van der Waals surface area contributed by atoms with E-state index >= 15 is 0 Å². The van der Waals surface area contributed by atoms with Crippen LogP contribution in [0.15, 0.2) is 48.6 Å². The first-order valence-electron chi connectivity index (χ1n) is 11.5. The van der Waals surface area contributed by atoms with E-state index in [1.165, 1.54) is 12.2 Å². The van der Waals surface area contributed by atoms with Crippen LogP contribution >= 0.6 is 0 Å². The Hall–Kier alpha value is -3.94. The Balaban J connectivity index is 1.76. The number of amides is 2. The molecule has 35 heavy (non-hydrogen) atoms. The van der Waals surface area contributed by atoms with Crippen molar-refractivity contribution >= 4 is 24.0 Å². The van der Waals surface area contributed by atoms with E-state index in [9.17, 15) is 9.59 Å². The third kappa shape index (κ3) is 9.44. The Labute approximate surface area is 206 Å². The van der Waals surface area contributed by atoms with Crippen molar-refractivity contribution < 1.29 is 28.5 Å². The van der Waals surface area contributed by atoms with Crippen molar-refractivity contribution in [3.05, 3.63) is 59.7 Å². The summed E-state index contributed by atoms with van der Waals surface area (Å²) >= 11 is 0. The zero-order chi connectivity index (χ0) is 25.5. The molecule has 0 fully saturated rings. The Kier molecular flexibility index (Phi) is 11.7. The highest BCUT2D eigenvalue weighted by atomic mass is 16.5. The second-order valence-electron chi connectivity index (χ2n) is 7.35. The summed E-state index contributed by atoms with van der Waals surface area (Å²) in [5, 5.41) is 5.46. The molecule has 0 radical (unpaired) electrons. The average molecular weight is 483 g/mol. The smallest absolute Gasteiger partial charge is 0.244 e. The number of ether oxygens (including phenoxy) is 4. The molecule has 2 aromatic carbocycles. The van der Waals surface area contributed by atoms with Crippen molar-refractivity contribution in [1.82, 2.24) is 10.6 Å². The van der Waals surface area contributed by atoms with E-state index < -0.39 is 0 Å². The molecule has 0 bridgehead atoms. The van der Waals surface area contributed by atoms with Gasteiger partial charge in [-0.2, -0.15) is 0 Å². The fourth-order valence-electron chi connectivity index (χ4n) is 3.01. The highest BCUT2D eigenvalue weighted by Gasteiger charge is 2.06. The second kappa shape index (κ2) is 15.1. The third-order valence-corrected chi connectivity index (χ3v) is 4.71. The van der Waals surface area contributed by atoms with Crippen molar-refractivity contribution in [2.45, 2.75) is 20.3 Å². The fraction of sp³-hybridized carbons (Fsp3) is 0.333. The molecule has 0 aliphatic heterocycles. The lowest BCUT2D eigenvalue weighted by atomic mass is 10.2. The number of nitrogens with one attached hydrogen (secondary N) is 2. The lowest BCUT2D eigenvalue weighted by Crippen LogP contribution is -2.33. The molecule has 0 unspecified atom stereocenters. The van der Waals surface area contributed by atoms with Crippen LogP contribution in [0.25, 0.3) is 12.2 Å². The number of carbonyl (C=O) groups excluding carboxylic acids is 2. The van der Waals surface area contributed by atoms with Crippen molar-refractivity contribution in [2.24, 2.45) is 0 Å². The quantitative estimate of drug-likeness (QED) is 0.314. The van der Waals surface area contributed by atoms with Crippen molar-refractivity contribution in [2.75, 3.05) is 40.5 Å². The second-order valence-corrected chi connectivity index (χ2v) is 7.35. The van der Waals surface area contributed by atoms with Gasteiger partial charge in [0.25, 0.3) is 0 Å². The molecule has 0 aliphatic rings. The summed E-state index contributed by atoms with van der Waals surface area (Å²) in [7, 11) is 3.14. The average Bonchev–Trinajstić information content (AvgIpc) is 2.88. The van der Waals surface area contributed by atoms with Crippen LogP contribution in [-0.4, -0.2) is 52.3 Å². The molecule has 2 N–H and O–H groups in total. The first-order valence-corrected chi connectivity index (χ1v) is 11.5. The molecule has 188 valence electrons. The van der Waals surface area contributed by atoms with Crippen LogP contribution in [0.2, 0.25) is 0 Å². The standard InChI is InChI=1S/C27H34N2O6/c1-5-17-35-23-12-8-21(19-25(23)33-4)10-14-27(31)29-16-15-28-26(30)13-9-20-7-11-22(34-6-2)24(18-20)32-3/h7-14,18-19H,5-6,15-17H2,1-4H3,(H,28,30)(H,29,31)/b13-9+,14-10+. The van der Waals surface area contributed by atoms with Gasteiger partial charge in [-0.25, -0.2) is 0 Å².